The van der Waals surface area contributed by atoms with Gasteiger partial charge in [-0.25, -0.2) is 21.9 Å². The molecule has 0 bridgehead atoms. The number of nitrogens with zero attached hydrogens (tertiary/aromatic N) is 6. The van der Waals surface area contributed by atoms with Gasteiger partial charge in [0, 0.05) is 11.6 Å². The van der Waals surface area contributed by atoms with Crippen LogP contribution in [0.1, 0.15) is 42.1 Å². The predicted octanol–water partition coefficient (Wildman–Crippen LogP) is 5.87. The van der Waals surface area contributed by atoms with Crippen LogP contribution in [-0.4, -0.2) is 38.7 Å². The van der Waals surface area contributed by atoms with E-state index in [1.807, 2.05) is 13.0 Å². The molecule has 1 N–H and O–H groups in total. The second kappa shape index (κ2) is 13.3. The minimum Gasteiger partial charge on any atom is -0.456 e. The largest absolute Gasteiger partial charge is 0.456 e. The van der Waals surface area contributed by atoms with Crippen molar-refractivity contribution in [1.29, 1.82) is 5.26 Å². The number of pyridine rings is 1. The Balaban J connectivity index is 1.52. The number of hydrogen-bond acceptors (Lipinski definition) is 9. The average Bonchev–Trinajstić information content (AvgIpc) is 3.53. The Morgan fingerprint density at radius 3 is 2.30 bits per heavy atom. The molecule has 5 aromatic rings. The summed E-state index contributed by atoms with van der Waals surface area (Å²) in [5.74, 6) is -6.80. The Morgan fingerprint density at radius 2 is 1.68 bits per heavy atom. The number of unbranched alkanes of at least 4 members (excludes halogenated alkanes) is 1. The predicted molar refractivity (Wildman–Crippen MR) is 158 cm³/mol. The molecule has 0 radical (unpaired) electrons. The molecule has 0 amide bonds. The molecule has 242 valence electrons. The average molecular weight is 667 g/mol. The van der Waals surface area contributed by atoms with E-state index in [2.05, 4.69) is 20.5 Å². The van der Waals surface area contributed by atoms with Crippen LogP contribution in [0, 0.1) is 23.0 Å². The number of rotatable bonds is 12. The molecule has 47 heavy (non-hydrogen) atoms. The number of tetrazole rings is 1. The Morgan fingerprint density at radius 1 is 0.979 bits per heavy atom. The smallest absolute Gasteiger partial charge is 0.323 e. The molecule has 0 saturated carbocycles. The quantitative estimate of drug-likeness (QED) is 0.162. The van der Waals surface area contributed by atoms with E-state index in [9.17, 15) is 17.9 Å². The first-order chi connectivity index (χ1) is 22.4. The van der Waals surface area contributed by atoms with Gasteiger partial charge in [0.25, 0.3) is 5.16 Å². The first kappa shape index (κ1) is 33.2. The van der Waals surface area contributed by atoms with Crippen molar-refractivity contribution >= 4 is 9.84 Å². The van der Waals surface area contributed by atoms with Crippen LogP contribution >= 0.6 is 0 Å². The van der Waals surface area contributed by atoms with Crippen LogP contribution in [0.25, 0.3) is 0 Å². The minimum atomic E-state index is -4.52. The van der Waals surface area contributed by atoms with Crippen molar-refractivity contribution in [1.82, 2.24) is 25.2 Å². The third-order valence-electron chi connectivity index (χ3n) is 7.34. The molecule has 0 fully saturated rings. The van der Waals surface area contributed by atoms with Crippen LogP contribution in [0.4, 0.5) is 17.6 Å². The van der Waals surface area contributed by atoms with Gasteiger partial charge < -0.3 is 9.84 Å². The standard InChI is InChI=1S/C32H26F4N6O4S/c1-2-3-4-21-7-13-26(14-8-21)47(44,45)30-39-40-41-42(30)20-31(43,27-15-9-23(33)17-28(27)34)32(35,36)29-16-12-25(19-38-29)46-24-10-5-22(18-37)6-11-24/h5-17,19,43H,2-4,20H2,1H3. The summed E-state index contributed by atoms with van der Waals surface area (Å²) >= 11 is 0. The maximum absolute atomic E-state index is 16.4. The first-order valence-corrected chi connectivity index (χ1v) is 15.7. The molecule has 2 aromatic heterocycles. The summed E-state index contributed by atoms with van der Waals surface area (Å²) in [6.45, 7) is 0.629. The Labute approximate surface area is 266 Å². The molecule has 1 unspecified atom stereocenters. The Hall–Kier alpha value is -5.20. The Bertz CT molecular complexity index is 2020. The van der Waals surface area contributed by atoms with Gasteiger partial charge in [-0.1, -0.05) is 30.6 Å². The summed E-state index contributed by atoms with van der Waals surface area (Å²) in [5.41, 5.74) is -4.47. The maximum atomic E-state index is 16.4. The van der Waals surface area contributed by atoms with Crippen molar-refractivity contribution in [3.63, 3.8) is 0 Å². The van der Waals surface area contributed by atoms with Gasteiger partial charge >= 0.3 is 5.92 Å². The molecule has 5 rings (SSSR count). The molecule has 0 aliphatic heterocycles. The van der Waals surface area contributed by atoms with E-state index in [0.717, 1.165) is 43.2 Å². The maximum Gasteiger partial charge on any atom is 0.323 e. The van der Waals surface area contributed by atoms with Gasteiger partial charge in [-0.3, -0.25) is 4.98 Å². The molecule has 0 aliphatic rings. The van der Waals surface area contributed by atoms with Crippen LogP contribution in [0.15, 0.2) is 95.1 Å². The van der Waals surface area contributed by atoms with Gasteiger partial charge in [0.15, 0.2) is 5.60 Å². The number of alkyl halides is 2. The zero-order valence-corrected chi connectivity index (χ0v) is 25.5. The van der Waals surface area contributed by atoms with E-state index >= 15 is 13.2 Å². The molecule has 0 aliphatic carbocycles. The number of benzene rings is 3. The molecule has 1 atom stereocenters. The van der Waals surface area contributed by atoms with E-state index in [1.54, 1.807) is 12.1 Å². The third-order valence-corrected chi connectivity index (χ3v) is 9.01. The molecule has 0 saturated heterocycles. The van der Waals surface area contributed by atoms with Gasteiger partial charge in [0.05, 0.1) is 29.3 Å². The number of aryl methyl sites for hydroxylation is 1. The summed E-state index contributed by atoms with van der Waals surface area (Å²) < 4.78 is 94.9. The summed E-state index contributed by atoms with van der Waals surface area (Å²) in [4.78, 5) is 3.49. The topological polar surface area (TPSA) is 144 Å². The minimum absolute atomic E-state index is 0.0142. The second-order valence-electron chi connectivity index (χ2n) is 10.5. The molecule has 0 spiro atoms. The number of ether oxygens (including phenoxy) is 1. The van der Waals surface area contributed by atoms with E-state index in [4.69, 9.17) is 10.00 Å². The number of hydrogen-bond donors (Lipinski definition) is 1. The van der Waals surface area contributed by atoms with E-state index in [1.165, 1.54) is 36.4 Å². The third kappa shape index (κ3) is 6.69. The van der Waals surface area contributed by atoms with E-state index in [0.29, 0.717) is 28.4 Å². The summed E-state index contributed by atoms with van der Waals surface area (Å²) in [6.07, 6.45) is 3.47. The number of aliphatic hydroxyl groups is 1. The fourth-order valence-electron chi connectivity index (χ4n) is 4.78. The Kier molecular flexibility index (Phi) is 9.36. The number of nitriles is 1. The summed E-state index contributed by atoms with van der Waals surface area (Å²) in [7, 11) is -4.52. The molecule has 2 heterocycles. The van der Waals surface area contributed by atoms with Crippen molar-refractivity contribution < 1.29 is 35.8 Å². The highest BCUT2D eigenvalue weighted by Crippen LogP contribution is 2.47. The highest BCUT2D eigenvalue weighted by Gasteiger charge is 2.58. The van der Waals surface area contributed by atoms with Crippen LogP contribution < -0.4 is 4.74 Å². The SMILES string of the molecule is CCCCc1ccc(S(=O)(=O)c2nnnn2CC(O)(c2ccc(F)cc2F)C(F)(F)c2ccc(Oc3ccc(C#N)cc3)cn2)cc1. The van der Waals surface area contributed by atoms with Crippen LogP contribution in [0.5, 0.6) is 11.5 Å². The van der Waals surface area contributed by atoms with Crippen molar-refractivity contribution in [3.8, 4) is 17.6 Å². The fourth-order valence-corrected chi connectivity index (χ4v) is 6.00. The number of sulfone groups is 1. The van der Waals surface area contributed by atoms with E-state index < -0.39 is 56.0 Å². The van der Waals surface area contributed by atoms with E-state index in [-0.39, 0.29) is 16.4 Å². The second-order valence-corrected chi connectivity index (χ2v) is 12.4. The summed E-state index contributed by atoms with van der Waals surface area (Å²) in [5, 5.41) is 30.2. The van der Waals surface area contributed by atoms with Crippen LogP contribution in [0.2, 0.25) is 0 Å². The van der Waals surface area contributed by atoms with Crippen molar-refractivity contribution in [2.24, 2.45) is 0 Å². The molecule has 15 heteroatoms. The lowest BCUT2D eigenvalue weighted by Gasteiger charge is -2.36. The monoisotopic (exact) mass is 666 g/mol. The van der Waals surface area contributed by atoms with Crippen LogP contribution in [-0.2, 0) is 34.3 Å². The van der Waals surface area contributed by atoms with Gasteiger partial charge in [-0.05, 0) is 89.5 Å². The van der Waals surface area contributed by atoms with Crippen molar-refractivity contribution in [2.45, 2.75) is 54.3 Å². The van der Waals surface area contributed by atoms with Gasteiger partial charge in [0.2, 0.25) is 9.84 Å². The number of halogens is 4. The zero-order valence-electron chi connectivity index (χ0n) is 24.7. The van der Waals surface area contributed by atoms with Crippen LogP contribution in [0.3, 0.4) is 0 Å². The first-order valence-electron chi connectivity index (χ1n) is 14.2. The highest BCUT2D eigenvalue weighted by atomic mass is 32.2. The zero-order chi connectivity index (χ0) is 33.8. The molecule has 10 nitrogen and oxygen atoms in total. The van der Waals surface area contributed by atoms with Gasteiger partial charge in [-0.2, -0.15) is 14.0 Å². The summed E-state index contributed by atoms with van der Waals surface area (Å²) in [6, 6.07) is 17.3. The lowest BCUT2D eigenvalue weighted by molar-refractivity contribution is -0.208. The molecular formula is C32H26F4N6O4S. The van der Waals surface area contributed by atoms with Crippen molar-refractivity contribution in [3.05, 3.63) is 119 Å². The highest BCUT2D eigenvalue weighted by molar-refractivity contribution is 7.91. The number of aromatic nitrogens is 5. The van der Waals surface area contributed by atoms with Gasteiger partial charge in [-0.15, -0.1) is 0 Å². The lowest BCUT2D eigenvalue weighted by Crippen LogP contribution is -2.48. The normalized spacial score (nSPS) is 13.1. The van der Waals surface area contributed by atoms with Crippen molar-refractivity contribution in [2.75, 3.05) is 0 Å². The lowest BCUT2D eigenvalue weighted by atomic mass is 9.84. The fraction of sp³-hybridized carbons (Fsp3) is 0.219. The molecule has 3 aromatic carbocycles. The van der Waals surface area contributed by atoms with Gasteiger partial charge in [0.1, 0.15) is 28.8 Å². The molecular weight excluding hydrogens is 640 g/mol.